The maximum Gasteiger partial charge on any atom is 0.126 e. The zero-order chi connectivity index (χ0) is 12.8. The number of methoxy groups -OCH3 is 2. The molecule has 2 rings (SSSR count). The Labute approximate surface area is 107 Å². The molecule has 0 saturated carbocycles. The number of hydrogen-bond donors (Lipinski definition) is 1. The van der Waals surface area contributed by atoms with Crippen molar-refractivity contribution in [3.63, 3.8) is 0 Å². The van der Waals surface area contributed by atoms with E-state index in [0.29, 0.717) is 6.61 Å². The van der Waals surface area contributed by atoms with E-state index in [0.717, 1.165) is 42.6 Å². The molecular weight excluding hydrogens is 232 g/mol. The number of amidine groups is 1. The van der Waals surface area contributed by atoms with E-state index in [2.05, 4.69) is 10.3 Å². The van der Waals surface area contributed by atoms with Crippen molar-refractivity contribution in [1.82, 2.24) is 5.32 Å². The summed E-state index contributed by atoms with van der Waals surface area (Å²) in [6, 6.07) is 5.49. The van der Waals surface area contributed by atoms with Crippen molar-refractivity contribution in [2.75, 3.05) is 33.9 Å². The summed E-state index contributed by atoms with van der Waals surface area (Å²) < 4.78 is 16.0. The molecule has 1 aromatic rings. The summed E-state index contributed by atoms with van der Waals surface area (Å²) in [4.78, 5) is 4.31. The fourth-order valence-corrected chi connectivity index (χ4v) is 1.74. The van der Waals surface area contributed by atoms with Crippen LogP contribution in [0.2, 0.25) is 0 Å². The maximum absolute atomic E-state index is 5.67. The molecule has 1 aliphatic heterocycles. The van der Waals surface area contributed by atoms with E-state index in [9.17, 15) is 0 Å². The van der Waals surface area contributed by atoms with Gasteiger partial charge in [0.25, 0.3) is 0 Å². The van der Waals surface area contributed by atoms with Gasteiger partial charge in [0.2, 0.25) is 0 Å². The van der Waals surface area contributed by atoms with Crippen LogP contribution < -0.4 is 19.5 Å². The second-order valence-corrected chi connectivity index (χ2v) is 3.90. The Bertz CT molecular complexity index is 410. The molecule has 0 aromatic heterocycles. The lowest BCUT2D eigenvalue weighted by Crippen LogP contribution is -2.20. The lowest BCUT2D eigenvalue weighted by molar-refractivity contribution is 0.320. The summed E-state index contributed by atoms with van der Waals surface area (Å²) in [5.74, 6) is 3.20. The molecule has 1 heterocycles. The Morgan fingerprint density at radius 1 is 1.11 bits per heavy atom. The second-order valence-electron chi connectivity index (χ2n) is 3.90. The number of benzene rings is 1. The highest BCUT2D eigenvalue weighted by Gasteiger charge is 2.06. The molecule has 1 N–H and O–H groups in total. The summed E-state index contributed by atoms with van der Waals surface area (Å²) in [6.07, 6.45) is 0.791. The highest BCUT2D eigenvalue weighted by Crippen LogP contribution is 2.27. The number of nitrogens with one attached hydrogen (secondary N) is 1. The molecule has 0 aliphatic carbocycles. The van der Waals surface area contributed by atoms with Crippen LogP contribution in [-0.4, -0.2) is 39.8 Å². The first-order chi connectivity index (χ1) is 8.81. The quantitative estimate of drug-likeness (QED) is 0.830. The van der Waals surface area contributed by atoms with Crippen LogP contribution in [0, 0.1) is 0 Å². The van der Waals surface area contributed by atoms with Crippen LogP contribution in [-0.2, 0) is 0 Å². The van der Waals surface area contributed by atoms with Crippen LogP contribution in [0.3, 0.4) is 0 Å². The third-order valence-corrected chi connectivity index (χ3v) is 2.68. The van der Waals surface area contributed by atoms with Crippen molar-refractivity contribution in [2.45, 2.75) is 6.42 Å². The summed E-state index contributed by atoms with van der Waals surface area (Å²) in [6.45, 7) is 2.38. The monoisotopic (exact) mass is 250 g/mol. The molecule has 0 unspecified atom stereocenters. The number of ether oxygens (including phenoxy) is 3. The topological polar surface area (TPSA) is 52.1 Å². The number of aliphatic imine (C=N–C) groups is 1. The van der Waals surface area contributed by atoms with Gasteiger partial charge < -0.3 is 19.5 Å². The van der Waals surface area contributed by atoms with Gasteiger partial charge in [-0.25, -0.2) is 0 Å². The van der Waals surface area contributed by atoms with Crippen LogP contribution in [0.25, 0.3) is 0 Å². The predicted molar refractivity (Wildman–Crippen MR) is 70.0 cm³/mol. The lowest BCUT2D eigenvalue weighted by atomic mass is 10.3. The van der Waals surface area contributed by atoms with Gasteiger partial charge in [-0.15, -0.1) is 0 Å². The Balaban J connectivity index is 1.91. The van der Waals surface area contributed by atoms with E-state index < -0.39 is 0 Å². The van der Waals surface area contributed by atoms with Crippen LogP contribution in [0.15, 0.2) is 23.2 Å². The van der Waals surface area contributed by atoms with Crippen molar-refractivity contribution < 1.29 is 14.2 Å². The normalized spacial score (nSPS) is 13.8. The number of nitrogens with zero attached hydrogens (tertiary/aromatic N) is 1. The standard InChI is InChI=1S/C13H18N2O3/c1-16-10-7-11(17-2)9-12(8-10)18-6-3-13-14-4-5-15-13/h7-9H,3-6H2,1-2H3,(H,14,15). The minimum absolute atomic E-state index is 0.585. The number of rotatable bonds is 6. The van der Waals surface area contributed by atoms with Gasteiger partial charge in [-0.05, 0) is 0 Å². The van der Waals surface area contributed by atoms with Crippen LogP contribution >= 0.6 is 0 Å². The zero-order valence-corrected chi connectivity index (χ0v) is 10.7. The van der Waals surface area contributed by atoms with Crippen molar-refractivity contribution in [2.24, 2.45) is 4.99 Å². The van der Waals surface area contributed by atoms with Gasteiger partial charge in [0.1, 0.15) is 17.2 Å². The maximum atomic E-state index is 5.67. The molecule has 5 heteroatoms. The predicted octanol–water partition coefficient (Wildman–Crippen LogP) is 1.47. The largest absolute Gasteiger partial charge is 0.496 e. The Kier molecular flexibility index (Phi) is 4.28. The fourth-order valence-electron chi connectivity index (χ4n) is 1.74. The van der Waals surface area contributed by atoms with Crippen molar-refractivity contribution in [1.29, 1.82) is 0 Å². The Morgan fingerprint density at radius 2 is 1.78 bits per heavy atom. The van der Waals surface area contributed by atoms with E-state index in [1.807, 2.05) is 18.2 Å². The van der Waals surface area contributed by atoms with E-state index in [1.54, 1.807) is 14.2 Å². The molecule has 1 aromatic carbocycles. The fraction of sp³-hybridized carbons (Fsp3) is 0.462. The average molecular weight is 250 g/mol. The molecule has 18 heavy (non-hydrogen) atoms. The summed E-state index contributed by atoms with van der Waals surface area (Å²) in [5.41, 5.74) is 0. The van der Waals surface area contributed by atoms with E-state index in [4.69, 9.17) is 14.2 Å². The van der Waals surface area contributed by atoms with Gasteiger partial charge in [-0.3, -0.25) is 4.99 Å². The number of hydrogen-bond acceptors (Lipinski definition) is 5. The molecular formula is C13H18N2O3. The van der Waals surface area contributed by atoms with E-state index in [1.165, 1.54) is 0 Å². The van der Waals surface area contributed by atoms with Gasteiger partial charge in [0.05, 0.1) is 33.2 Å². The van der Waals surface area contributed by atoms with Gasteiger partial charge in [0, 0.05) is 31.2 Å². The first-order valence-electron chi connectivity index (χ1n) is 5.95. The molecule has 0 fully saturated rings. The molecule has 5 nitrogen and oxygen atoms in total. The molecule has 98 valence electrons. The average Bonchev–Trinajstić information content (AvgIpc) is 2.91. The van der Waals surface area contributed by atoms with E-state index in [-0.39, 0.29) is 0 Å². The summed E-state index contributed by atoms with van der Waals surface area (Å²) in [7, 11) is 3.24. The molecule has 1 aliphatic rings. The minimum atomic E-state index is 0.585. The van der Waals surface area contributed by atoms with Gasteiger partial charge in [-0.2, -0.15) is 0 Å². The summed E-state index contributed by atoms with van der Waals surface area (Å²) in [5, 5.41) is 3.21. The van der Waals surface area contributed by atoms with Crippen molar-refractivity contribution in [3.05, 3.63) is 18.2 Å². The minimum Gasteiger partial charge on any atom is -0.496 e. The SMILES string of the molecule is COc1cc(OC)cc(OCCC2=NCCN2)c1. The third-order valence-electron chi connectivity index (χ3n) is 2.68. The van der Waals surface area contributed by atoms with Crippen LogP contribution in [0.1, 0.15) is 6.42 Å². The Morgan fingerprint density at radius 3 is 2.33 bits per heavy atom. The highest BCUT2D eigenvalue weighted by molar-refractivity contribution is 5.83. The van der Waals surface area contributed by atoms with Crippen LogP contribution in [0.4, 0.5) is 0 Å². The zero-order valence-electron chi connectivity index (χ0n) is 10.7. The summed E-state index contributed by atoms with van der Waals surface area (Å²) >= 11 is 0. The van der Waals surface area contributed by atoms with Crippen molar-refractivity contribution >= 4 is 5.84 Å². The highest BCUT2D eigenvalue weighted by atomic mass is 16.5. The second kappa shape index (κ2) is 6.14. The Hall–Kier alpha value is -1.91. The molecule has 0 radical (unpaired) electrons. The van der Waals surface area contributed by atoms with Gasteiger partial charge in [-0.1, -0.05) is 0 Å². The molecule has 0 atom stereocenters. The van der Waals surface area contributed by atoms with Crippen molar-refractivity contribution in [3.8, 4) is 17.2 Å². The van der Waals surface area contributed by atoms with Crippen LogP contribution in [0.5, 0.6) is 17.2 Å². The first kappa shape index (κ1) is 12.5. The molecule has 0 bridgehead atoms. The van der Waals surface area contributed by atoms with E-state index >= 15 is 0 Å². The molecule has 0 saturated heterocycles. The third kappa shape index (κ3) is 3.29. The lowest BCUT2D eigenvalue weighted by Gasteiger charge is -2.10. The first-order valence-corrected chi connectivity index (χ1v) is 5.95. The molecule has 0 amide bonds. The van der Waals surface area contributed by atoms with Gasteiger partial charge >= 0.3 is 0 Å². The van der Waals surface area contributed by atoms with Gasteiger partial charge in [0.15, 0.2) is 0 Å². The molecule has 0 spiro atoms. The smallest absolute Gasteiger partial charge is 0.126 e.